The Morgan fingerprint density at radius 3 is 2.53 bits per heavy atom. The van der Waals surface area contributed by atoms with E-state index in [1.165, 1.54) is 16.6 Å². The van der Waals surface area contributed by atoms with Gasteiger partial charge < -0.3 is 10.1 Å². The van der Waals surface area contributed by atoms with Crippen molar-refractivity contribution < 1.29 is 23.7 Å². The van der Waals surface area contributed by atoms with Crippen LogP contribution in [0.5, 0.6) is 5.75 Å². The van der Waals surface area contributed by atoms with Crippen molar-refractivity contribution in [2.24, 2.45) is 5.10 Å². The molecule has 176 valence electrons. The van der Waals surface area contributed by atoms with Crippen LogP contribution in [0, 0.1) is 0 Å². The molecule has 0 aliphatic carbocycles. The monoisotopic (exact) mass is 462 g/mol. The van der Waals surface area contributed by atoms with Crippen LogP contribution in [0.25, 0.3) is 0 Å². The highest BCUT2D eigenvalue weighted by Crippen LogP contribution is 2.24. The molecule has 1 atom stereocenters. The molecule has 0 aromatic heterocycles. The highest BCUT2D eigenvalue weighted by Gasteiger charge is 2.54. The number of likely N-dealkylation sites (N-methyl/N-ethyl adjacent to an activating group) is 1. The van der Waals surface area contributed by atoms with E-state index in [-0.39, 0.29) is 19.0 Å². The summed E-state index contributed by atoms with van der Waals surface area (Å²) in [5, 5.41) is 8.95. The van der Waals surface area contributed by atoms with E-state index in [0.29, 0.717) is 35.8 Å². The van der Waals surface area contributed by atoms with E-state index >= 15 is 0 Å². The van der Waals surface area contributed by atoms with Crippen LogP contribution in [-0.4, -0.2) is 76.5 Å². The molecule has 0 radical (unpaired) electrons. The van der Waals surface area contributed by atoms with Gasteiger partial charge in [-0.25, -0.2) is 4.79 Å². The molecule has 1 N–H and O–H groups in total. The van der Waals surface area contributed by atoms with Crippen molar-refractivity contribution in [3.05, 3.63) is 60.2 Å². The van der Waals surface area contributed by atoms with Gasteiger partial charge in [0.25, 0.3) is 5.91 Å². The van der Waals surface area contributed by atoms with Gasteiger partial charge in [-0.2, -0.15) is 19.4 Å². The van der Waals surface area contributed by atoms with Crippen LogP contribution in [0.1, 0.15) is 19.4 Å². The number of hydrogen-bond donors (Lipinski definition) is 1. The number of nitrogens with zero attached hydrogens (tertiary/aromatic N) is 4. The van der Waals surface area contributed by atoms with Crippen LogP contribution >= 0.6 is 0 Å². The molecule has 0 saturated heterocycles. The van der Waals surface area contributed by atoms with E-state index in [1.54, 1.807) is 36.2 Å². The maximum absolute atomic E-state index is 13.5. The molecule has 1 unspecified atom stereocenters. The van der Waals surface area contributed by atoms with Gasteiger partial charge in [0.1, 0.15) is 18.0 Å². The van der Waals surface area contributed by atoms with E-state index in [4.69, 9.17) is 4.74 Å². The Morgan fingerprint density at radius 1 is 1.12 bits per heavy atom. The number of rotatable bonds is 8. The van der Waals surface area contributed by atoms with Crippen molar-refractivity contribution in [3.8, 4) is 5.75 Å². The van der Waals surface area contributed by atoms with E-state index in [2.05, 4.69) is 10.4 Å². The standard InChI is InChI=1S/C25H27N5O4/c1-4-30-23-22(17(2)27-30)29(16-21(31)26-19-12-8-9-13-20(19)34-3)25(33)28(24(23)32)15-14-18-10-6-5-7-11-18/h5-13,23H,4,14-16H2,1-3H3/p+1. The fraction of sp³-hybridized carbons (Fsp3) is 0.320. The Morgan fingerprint density at radius 2 is 1.82 bits per heavy atom. The second-order valence-corrected chi connectivity index (χ2v) is 8.07. The molecule has 2 aromatic rings. The van der Waals surface area contributed by atoms with Gasteiger partial charge in [-0.1, -0.05) is 42.5 Å². The summed E-state index contributed by atoms with van der Waals surface area (Å²) in [6.07, 6.45) is 0.521. The summed E-state index contributed by atoms with van der Waals surface area (Å²) < 4.78 is 6.67. The van der Waals surface area contributed by atoms with Gasteiger partial charge in [0.05, 0.1) is 12.8 Å². The molecule has 2 aliphatic heterocycles. The minimum atomic E-state index is -0.725. The minimum absolute atomic E-state index is 0.215. The van der Waals surface area contributed by atoms with Crippen LogP contribution in [0.15, 0.2) is 59.7 Å². The Hall–Kier alpha value is -4.01. The summed E-state index contributed by atoms with van der Waals surface area (Å²) in [5.41, 5.74) is 2.54. The van der Waals surface area contributed by atoms with Crippen molar-refractivity contribution in [2.75, 3.05) is 32.1 Å². The third-order valence-corrected chi connectivity index (χ3v) is 5.93. The van der Waals surface area contributed by atoms with Crippen LogP contribution < -0.4 is 10.1 Å². The number of fused-ring (bicyclic) bond motifs is 1. The van der Waals surface area contributed by atoms with Gasteiger partial charge in [-0.3, -0.25) is 9.80 Å². The lowest BCUT2D eigenvalue weighted by Crippen LogP contribution is -2.61. The van der Waals surface area contributed by atoms with Crippen molar-refractivity contribution >= 4 is 35.0 Å². The molecule has 0 spiro atoms. The summed E-state index contributed by atoms with van der Waals surface area (Å²) in [6.45, 7) is 4.12. The third-order valence-electron chi connectivity index (χ3n) is 5.93. The van der Waals surface area contributed by atoms with Crippen molar-refractivity contribution in [3.63, 3.8) is 0 Å². The average molecular weight is 463 g/mol. The number of carbonyl (C=O) groups excluding carboxylic acids is 3. The van der Waals surface area contributed by atoms with Crippen LogP contribution in [0.4, 0.5) is 10.5 Å². The lowest BCUT2D eigenvalue weighted by atomic mass is 10.0. The minimum Gasteiger partial charge on any atom is -0.495 e. The largest absolute Gasteiger partial charge is 0.501 e. The van der Waals surface area contributed by atoms with E-state index in [9.17, 15) is 14.4 Å². The first-order valence-corrected chi connectivity index (χ1v) is 11.2. The number of amides is 4. The molecular formula is C25H28N5O4+. The number of benzene rings is 2. The van der Waals surface area contributed by atoms with Crippen LogP contribution in [0.3, 0.4) is 0 Å². The lowest BCUT2D eigenvalue weighted by molar-refractivity contribution is -0.426. The topological polar surface area (TPSA) is 94.3 Å². The first-order chi connectivity index (χ1) is 16.4. The normalized spacial score (nSPS) is 17.6. The highest BCUT2D eigenvalue weighted by molar-refractivity contribution is 6.48. The zero-order chi connectivity index (χ0) is 24.2. The van der Waals surface area contributed by atoms with E-state index < -0.39 is 18.0 Å². The summed E-state index contributed by atoms with van der Waals surface area (Å²) in [5.74, 6) is -0.203. The molecule has 9 heteroatoms. The van der Waals surface area contributed by atoms with Gasteiger partial charge in [0.15, 0.2) is 12.3 Å². The quantitative estimate of drug-likeness (QED) is 0.608. The lowest BCUT2D eigenvalue weighted by Gasteiger charge is -2.28. The molecule has 2 aliphatic rings. The summed E-state index contributed by atoms with van der Waals surface area (Å²) in [6, 6.07) is 15.5. The predicted octanol–water partition coefficient (Wildman–Crippen LogP) is 2.37. The Labute approximate surface area is 198 Å². The molecule has 2 heterocycles. The summed E-state index contributed by atoms with van der Waals surface area (Å²) >= 11 is 0. The molecule has 0 bridgehead atoms. The van der Waals surface area contributed by atoms with Gasteiger partial charge >= 0.3 is 11.9 Å². The number of urea groups is 1. The number of hydrazone groups is 1. The molecule has 2 aromatic carbocycles. The number of nitrogens with one attached hydrogen (secondary N) is 1. The van der Waals surface area contributed by atoms with Gasteiger partial charge in [0.2, 0.25) is 6.04 Å². The van der Waals surface area contributed by atoms with Crippen LogP contribution in [-0.2, 0) is 16.0 Å². The number of hydrogen-bond acceptors (Lipinski definition) is 6. The molecule has 4 amide bonds. The maximum atomic E-state index is 13.5. The number of ether oxygens (including phenoxy) is 1. The van der Waals surface area contributed by atoms with Crippen LogP contribution in [0.2, 0.25) is 0 Å². The highest BCUT2D eigenvalue weighted by atomic mass is 16.5. The third kappa shape index (κ3) is 4.41. The Bertz CT molecular complexity index is 1170. The molecule has 0 saturated carbocycles. The molecule has 4 rings (SSSR count). The maximum Gasteiger partial charge on any atom is 0.501 e. The number of anilines is 1. The fourth-order valence-electron chi connectivity index (χ4n) is 4.30. The van der Waals surface area contributed by atoms with Crippen molar-refractivity contribution in [1.82, 2.24) is 9.91 Å². The SMILES string of the molecule is CCN1N=C(C)C2=[N+](CC(=O)Nc3ccccc3OC)C(=O)N(CCc3ccccc3)C(=O)C21. The average Bonchev–Trinajstić information content (AvgIpc) is 3.19. The number of methoxy groups -OCH3 is 1. The van der Waals surface area contributed by atoms with E-state index in [1.807, 2.05) is 37.3 Å². The van der Waals surface area contributed by atoms with Gasteiger partial charge in [-0.05, 0) is 31.5 Å². The zero-order valence-electron chi connectivity index (χ0n) is 19.5. The molecule has 34 heavy (non-hydrogen) atoms. The first kappa shape index (κ1) is 23.2. The van der Waals surface area contributed by atoms with Gasteiger partial charge in [-0.15, -0.1) is 0 Å². The molecule has 9 nitrogen and oxygen atoms in total. The Kier molecular flexibility index (Phi) is 6.72. The predicted molar refractivity (Wildman–Crippen MR) is 128 cm³/mol. The molecule has 0 fully saturated rings. The van der Waals surface area contributed by atoms with Crippen molar-refractivity contribution in [1.29, 1.82) is 0 Å². The second kappa shape index (κ2) is 9.86. The summed E-state index contributed by atoms with van der Waals surface area (Å²) in [4.78, 5) is 41.1. The number of para-hydroxylation sites is 2. The second-order valence-electron chi connectivity index (χ2n) is 8.07. The Balaban J connectivity index is 1.62. The first-order valence-electron chi connectivity index (χ1n) is 11.2. The van der Waals surface area contributed by atoms with E-state index in [0.717, 1.165) is 5.56 Å². The smallest absolute Gasteiger partial charge is 0.495 e. The van der Waals surface area contributed by atoms with Gasteiger partial charge in [0, 0.05) is 13.0 Å². The fourth-order valence-corrected chi connectivity index (χ4v) is 4.30. The number of imide groups is 1. The summed E-state index contributed by atoms with van der Waals surface area (Å²) in [7, 11) is 1.52. The number of carbonyl (C=O) groups is 3. The van der Waals surface area contributed by atoms with Crippen molar-refractivity contribution in [2.45, 2.75) is 26.3 Å². The zero-order valence-corrected chi connectivity index (χ0v) is 19.5. The molecular weight excluding hydrogens is 434 g/mol.